The summed E-state index contributed by atoms with van der Waals surface area (Å²) in [5, 5.41) is 3.33. The van der Waals surface area contributed by atoms with Gasteiger partial charge in [0.05, 0.1) is 0 Å². The summed E-state index contributed by atoms with van der Waals surface area (Å²) in [6.45, 7) is 4.02. The fourth-order valence-electron chi connectivity index (χ4n) is 1.88. The summed E-state index contributed by atoms with van der Waals surface area (Å²) in [5.74, 6) is 0.869. The Hall–Kier alpha value is -2.00. The van der Waals surface area contributed by atoms with Gasteiger partial charge < -0.3 is 15.8 Å². The molecule has 3 N–H and O–H groups in total. The third-order valence-corrected chi connectivity index (χ3v) is 2.85. The van der Waals surface area contributed by atoms with Crippen LogP contribution in [0.25, 0.3) is 0 Å². The number of aryl methyl sites for hydroxylation is 1. The van der Waals surface area contributed by atoms with E-state index in [4.69, 9.17) is 10.5 Å². The molecule has 0 unspecified atom stereocenters. The Kier molecular flexibility index (Phi) is 4.81. The molecule has 100 valence electrons. The third kappa shape index (κ3) is 4.30. The lowest BCUT2D eigenvalue weighted by molar-refractivity contribution is 0.332. The Morgan fingerprint density at radius 2 is 1.95 bits per heavy atom. The Morgan fingerprint density at radius 1 is 1.11 bits per heavy atom. The lowest BCUT2D eigenvalue weighted by atomic mass is 10.2. The zero-order valence-electron chi connectivity index (χ0n) is 11.2. The van der Waals surface area contributed by atoms with Crippen molar-refractivity contribution in [3.63, 3.8) is 0 Å². The number of nitrogens with one attached hydrogen (secondary N) is 1. The van der Waals surface area contributed by atoms with E-state index in [1.54, 1.807) is 0 Å². The van der Waals surface area contributed by atoms with Gasteiger partial charge in [-0.1, -0.05) is 24.3 Å². The van der Waals surface area contributed by atoms with Crippen LogP contribution in [-0.4, -0.2) is 13.2 Å². The zero-order valence-corrected chi connectivity index (χ0v) is 11.2. The maximum Gasteiger partial charge on any atom is 0.119 e. The molecular formula is C16H20N2O. The summed E-state index contributed by atoms with van der Waals surface area (Å²) >= 11 is 0. The first kappa shape index (κ1) is 13.4. The standard InChI is InChI=1S/C16H20N2O/c1-13-4-2-6-15(10-13)18-8-9-19-16-7-3-5-14(11-16)12-17/h2-7,10-11,18H,8-9,12,17H2,1H3. The molecule has 0 radical (unpaired) electrons. The largest absolute Gasteiger partial charge is 0.492 e. The molecule has 2 aromatic rings. The van der Waals surface area contributed by atoms with Crippen molar-refractivity contribution in [2.45, 2.75) is 13.5 Å². The number of hydrogen-bond acceptors (Lipinski definition) is 3. The number of benzene rings is 2. The van der Waals surface area contributed by atoms with Gasteiger partial charge in [-0.3, -0.25) is 0 Å². The normalized spacial score (nSPS) is 10.2. The van der Waals surface area contributed by atoms with Crippen molar-refractivity contribution < 1.29 is 4.74 Å². The second-order valence-electron chi connectivity index (χ2n) is 4.50. The fraction of sp³-hybridized carbons (Fsp3) is 0.250. The summed E-state index contributed by atoms with van der Waals surface area (Å²) in [6, 6.07) is 16.2. The van der Waals surface area contributed by atoms with E-state index in [1.165, 1.54) is 5.56 Å². The van der Waals surface area contributed by atoms with Gasteiger partial charge in [-0.05, 0) is 42.3 Å². The minimum atomic E-state index is 0.540. The molecule has 0 saturated carbocycles. The van der Waals surface area contributed by atoms with Gasteiger partial charge in [0.1, 0.15) is 12.4 Å². The number of hydrogen-bond donors (Lipinski definition) is 2. The average molecular weight is 256 g/mol. The van der Waals surface area contributed by atoms with Crippen LogP contribution in [0.3, 0.4) is 0 Å². The predicted molar refractivity (Wildman–Crippen MR) is 79.5 cm³/mol. The second kappa shape index (κ2) is 6.81. The summed E-state index contributed by atoms with van der Waals surface area (Å²) < 4.78 is 5.68. The van der Waals surface area contributed by atoms with E-state index in [1.807, 2.05) is 30.3 Å². The Bertz CT molecular complexity index is 526. The lowest BCUT2D eigenvalue weighted by Gasteiger charge is -2.09. The topological polar surface area (TPSA) is 47.3 Å². The second-order valence-corrected chi connectivity index (χ2v) is 4.50. The highest BCUT2D eigenvalue weighted by Crippen LogP contribution is 2.13. The first-order valence-electron chi connectivity index (χ1n) is 6.50. The van der Waals surface area contributed by atoms with Gasteiger partial charge in [-0.25, -0.2) is 0 Å². The Balaban J connectivity index is 1.77. The van der Waals surface area contributed by atoms with Crippen LogP contribution in [0.5, 0.6) is 5.75 Å². The van der Waals surface area contributed by atoms with Gasteiger partial charge >= 0.3 is 0 Å². The van der Waals surface area contributed by atoms with Gasteiger partial charge in [0.2, 0.25) is 0 Å². The van der Waals surface area contributed by atoms with E-state index >= 15 is 0 Å². The molecule has 0 fully saturated rings. The molecule has 0 heterocycles. The van der Waals surface area contributed by atoms with Crippen molar-refractivity contribution in [3.05, 3.63) is 59.7 Å². The molecule has 0 aliphatic heterocycles. The van der Waals surface area contributed by atoms with Crippen molar-refractivity contribution in [1.29, 1.82) is 0 Å². The first-order chi connectivity index (χ1) is 9.28. The highest BCUT2D eigenvalue weighted by atomic mass is 16.5. The molecule has 2 rings (SSSR count). The van der Waals surface area contributed by atoms with Crippen molar-refractivity contribution in [1.82, 2.24) is 0 Å². The molecule has 0 aliphatic carbocycles. The number of ether oxygens (including phenoxy) is 1. The van der Waals surface area contributed by atoms with E-state index in [0.29, 0.717) is 13.2 Å². The molecule has 3 nitrogen and oxygen atoms in total. The van der Waals surface area contributed by atoms with Crippen LogP contribution < -0.4 is 15.8 Å². The van der Waals surface area contributed by atoms with Gasteiger partial charge in [0, 0.05) is 18.8 Å². The van der Waals surface area contributed by atoms with Crippen LogP contribution in [0.1, 0.15) is 11.1 Å². The molecule has 0 spiro atoms. The van der Waals surface area contributed by atoms with Gasteiger partial charge in [0.15, 0.2) is 0 Å². The summed E-state index contributed by atoms with van der Waals surface area (Å²) in [7, 11) is 0. The number of rotatable bonds is 6. The van der Waals surface area contributed by atoms with Crippen LogP contribution in [0, 0.1) is 6.92 Å². The van der Waals surface area contributed by atoms with Crippen LogP contribution in [0.2, 0.25) is 0 Å². The van der Waals surface area contributed by atoms with Gasteiger partial charge in [-0.2, -0.15) is 0 Å². The zero-order chi connectivity index (χ0) is 13.5. The van der Waals surface area contributed by atoms with E-state index in [2.05, 4.69) is 30.4 Å². The minimum Gasteiger partial charge on any atom is -0.492 e. The third-order valence-electron chi connectivity index (χ3n) is 2.85. The average Bonchev–Trinajstić information content (AvgIpc) is 2.44. The Labute approximate surface area is 114 Å². The maximum atomic E-state index is 5.68. The van der Waals surface area contributed by atoms with E-state index in [9.17, 15) is 0 Å². The highest BCUT2D eigenvalue weighted by Gasteiger charge is 1.96. The number of anilines is 1. The van der Waals surface area contributed by atoms with Crippen molar-refractivity contribution in [3.8, 4) is 5.75 Å². The molecule has 0 saturated heterocycles. The molecule has 0 amide bonds. The number of nitrogens with two attached hydrogens (primary N) is 1. The monoisotopic (exact) mass is 256 g/mol. The van der Waals surface area contributed by atoms with Crippen molar-refractivity contribution in [2.75, 3.05) is 18.5 Å². The van der Waals surface area contributed by atoms with Crippen molar-refractivity contribution in [2.24, 2.45) is 5.73 Å². The van der Waals surface area contributed by atoms with Crippen LogP contribution in [0.4, 0.5) is 5.69 Å². The smallest absolute Gasteiger partial charge is 0.119 e. The molecule has 3 heteroatoms. The summed E-state index contributed by atoms with van der Waals surface area (Å²) in [4.78, 5) is 0. The quantitative estimate of drug-likeness (QED) is 0.781. The molecule has 0 bridgehead atoms. The van der Waals surface area contributed by atoms with Crippen LogP contribution in [0.15, 0.2) is 48.5 Å². The minimum absolute atomic E-state index is 0.540. The molecule has 0 atom stereocenters. The lowest BCUT2D eigenvalue weighted by Crippen LogP contribution is -2.11. The molecular weight excluding hydrogens is 236 g/mol. The maximum absolute atomic E-state index is 5.68. The van der Waals surface area contributed by atoms with Gasteiger partial charge in [0.25, 0.3) is 0 Å². The predicted octanol–water partition coefficient (Wildman–Crippen LogP) is 2.94. The highest BCUT2D eigenvalue weighted by molar-refractivity contribution is 5.45. The van der Waals surface area contributed by atoms with E-state index in [-0.39, 0.29) is 0 Å². The summed E-state index contributed by atoms with van der Waals surface area (Å²) in [6.07, 6.45) is 0. The molecule has 19 heavy (non-hydrogen) atoms. The van der Waals surface area contributed by atoms with Crippen molar-refractivity contribution >= 4 is 5.69 Å². The summed E-state index contributed by atoms with van der Waals surface area (Å²) in [5.41, 5.74) is 9.06. The van der Waals surface area contributed by atoms with E-state index in [0.717, 1.165) is 23.5 Å². The van der Waals surface area contributed by atoms with Crippen LogP contribution >= 0.6 is 0 Å². The SMILES string of the molecule is Cc1cccc(NCCOc2cccc(CN)c2)c1. The Morgan fingerprint density at radius 3 is 2.74 bits per heavy atom. The molecule has 0 aromatic heterocycles. The fourth-order valence-corrected chi connectivity index (χ4v) is 1.88. The molecule has 2 aromatic carbocycles. The first-order valence-corrected chi connectivity index (χ1v) is 6.50. The van der Waals surface area contributed by atoms with Gasteiger partial charge in [-0.15, -0.1) is 0 Å². The van der Waals surface area contributed by atoms with E-state index < -0.39 is 0 Å². The molecule has 0 aliphatic rings. The van der Waals surface area contributed by atoms with Crippen LogP contribution in [-0.2, 0) is 6.54 Å².